The summed E-state index contributed by atoms with van der Waals surface area (Å²) < 4.78 is 1.73. The molecule has 82 valence electrons. The lowest BCUT2D eigenvalue weighted by Gasteiger charge is -2.04. The quantitative estimate of drug-likeness (QED) is 0.732. The lowest BCUT2D eigenvalue weighted by molar-refractivity contribution is 0.102. The standard InChI is InChI=1S/C12H13N3O/c1-2-8-15-11(5-7-14-15)12(16)10-4-3-6-13-9-10/h3-7,9H,2,8H2,1H3. The van der Waals surface area contributed by atoms with Crippen LogP contribution in [-0.4, -0.2) is 20.5 Å². The number of carbonyl (C=O) groups excluding carboxylic acids is 1. The van der Waals surface area contributed by atoms with Crippen LogP contribution in [0.5, 0.6) is 0 Å². The fourth-order valence-electron chi connectivity index (χ4n) is 1.56. The van der Waals surface area contributed by atoms with Gasteiger partial charge in [-0.25, -0.2) is 0 Å². The maximum atomic E-state index is 12.1. The molecule has 0 N–H and O–H groups in total. The average Bonchev–Trinajstić information content (AvgIpc) is 2.78. The van der Waals surface area contributed by atoms with E-state index in [-0.39, 0.29) is 5.78 Å². The predicted octanol–water partition coefficient (Wildman–Crippen LogP) is 1.92. The average molecular weight is 215 g/mol. The van der Waals surface area contributed by atoms with Gasteiger partial charge in [0.2, 0.25) is 5.78 Å². The van der Waals surface area contributed by atoms with Gasteiger partial charge in [-0.2, -0.15) is 5.10 Å². The molecule has 0 bridgehead atoms. The molecular formula is C12H13N3O. The van der Waals surface area contributed by atoms with E-state index in [2.05, 4.69) is 17.0 Å². The molecule has 0 spiro atoms. The molecule has 4 heteroatoms. The maximum absolute atomic E-state index is 12.1. The van der Waals surface area contributed by atoms with Gasteiger partial charge in [0.15, 0.2) is 0 Å². The molecule has 0 saturated heterocycles. The van der Waals surface area contributed by atoms with E-state index in [1.54, 1.807) is 41.5 Å². The molecule has 2 heterocycles. The third-order valence-electron chi connectivity index (χ3n) is 2.31. The van der Waals surface area contributed by atoms with Gasteiger partial charge >= 0.3 is 0 Å². The highest BCUT2D eigenvalue weighted by atomic mass is 16.1. The number of rotatable bonds is 4. The normalized spacial score (nSPS) is 10.3. The van der Waals surface area contributed by atoms with Crippen molar-refractivity contribution in [3.8, 4) is 0 Å². The molecule has 0 saturated carbocycles. The molecule has 0 radical (unpaired) electrons. The number of aryl methyl sites for hydroxylation is 1. The topological polar surface area (TPSA) is 47.8 Å². The Morgan fingerprint density at radius 1 is 1.38 bits per heavy atom. The van der Waals surface area contributed by atoms with Crippen molar-refractivity contribution in [2.75, 3.05) is 0 Å². The van der Waals surface area contributed by atoms with Crippen molar-refractivity contribution in [2.45, 2.75) is 19.9 Å². The number of carbonyl (C=O) groups is 1. The van der Waals surface area contributed by atoms with E-state index in [9.17, 15) is 4.79 Å². The molecule has 0 aliphatic rings. The number of nitrogens with zero attached hydrogens (tertiary/aromatic N) is 3. The fraction of sp³-hybridized carbons (Fsp3) is 0.250. The minimum atomic E-state index is -0.0287. The molecule has 0 aromatic carbocycles. The van der Waals surface area contributed by atoms with Crippen LogP contribution in [0, 0.1) is 0 Å². The van der Waals surface area contributed by atoms with Gasteiger partial charge in [-0.3, -0.25) is 14.5 Å². The van der Waals surface area contributed by atoms with Gasteiger partial charge in [-0.05, 0) is 24.6 Å². The zero-order chi connectivity index (χ0) is 11.4. The first-order valence-corrected chi connectivity index (χ1v) is 5.29. The lowest BCUT2D eigenvalue weighted by atomic mass is 10.1. The summed E-state index contributed by atoms with van der Waals surface area (Å²) in [6.45, 7) is 2.81. The summed E-state index contributed by atoms with van der Waals surface area (Å²) >= 11 is 0. The van der Waals surface area contributed by atoms with Crippen molar-refractivity contribution >= 4 is 5.78 Å². The highest BCUT2D eigenvalue weighted by Crippen LogP contribution is 2.08. The molecule has 0 unspecified atom stereocenters. The first kappa shape index (κ1) is 10.5. The second kappa shape index (κ2) is 4.70. The van der Waals surface area contributed by atoms with Gasteiger partial charge in [0.25, 0.3) is 0 Å². The van der Waals surface area contributed by atoms with E-state index in [4.69, 9.17) is 0 Å². The van der Waals surface area contributed by atoms with Crippen LogP contribution in [0.1, 0.15) is 29.4 Å². The van der Waals surface area contributed by atoms with Crippen LogP contribution in [0.15, 0.2) is 36.8 Å². The molecule has 0 atom stereocenters. The molecule has 2 rings (SSSR count). The SMILES string of the molecule is CCCn1nccc1C(=O)c1cccnc1. The van der Waals surface area contributed by atoms with Gasteiger partial charge < -0.3 is 0 Å². The van der Waals surface area contributed by atoms with Crippen molar-refractivity contribution in [2.24, 2.45) is 0 Å². The third-order valence-corrected chi connectivity index (χ3v) is 2.31. The Labute approximate surface area is 93.9 Å². The number of pyridine rings is 1. The first-order chi connectivity index (χ1) is 7.83. The first-order valence-electron chi connectivity index (χ1n) is 5.29. The lowest BCUT2D eigenvalue weighted by Crippen LogP contribution is -2.11. The molecule has 2 aromatic heterocycles. The largest absolute Gasteiger partial charge is 0.287 e. The summed E-state index contributed by atoms with van der Waals surface area (Å²) in [5.74, 6) is -0.0287. The molecule has 0 amide bonds. The van der Waals surface area contributed by atoms with E-state index >= 15 is 0 Å². The van der Waals surface area contributed by atoms with Crippen molar-refractivity contribution in [1.29, 1.82) is 0 Å². The van der Waals surface area contributed by atoms with Crippen molar-refractivity contribution in [3.63, 3.8) is 0 Å². The monoisotopic (exact) mass is 215 g/mol. The summed E-state index contributed by atoms with van der Waals surface area (Å²) in [6, 6.07) is 5.26. The van der Waals surface area contributed by atoms with Crippen LogP contribution in [-0.2, 0) is 6.54 Å². The molecule has 16 heavy (non-hydrogen) atoms. The second-order valence-corrected chi connectivity index (χ2v) is 3.51. The molecule has 0 aliphatic carbocycles. The second-order valence-electron chi connectivity index (χ2n) is 3.51. The van der Waals surface area contributed by atoms with Crippen LogP contribution in [0.3, 0.4) is 0 Å². The van der Waals surface area contributed by atoms with Gasteiger partial charge in [-0.15, -0.1) is 0 Å². The van der Waals surface area contributed by atoms with E-state index in [0.717, 1.165) is 13.0 Å². The van der Waals surface area contributed by atoms with E-state index in [1.165, 1.54) is 0 Å². The zero-order valence-electron chi connectivity index (χ0n) is 9.13. The molecule has 2 aromatic rings. The molecule has 0 fully saturated rings. The van der Waals surface area contributed by atoms with Gasteiger partial charge in [0.1, 0.15) is 5.69 Å². The van der Waals surface area contributed by atoms with Crippen LogP contribution in [0.2, 0.25) is 0 Å². The number of ketones is 1. The Morgan fingerprint density at radius 2 is 2.25 bits per heavy atom. The summed E-state index contributed by atoms with van der Waals surface area (Å²) in [6.07, 6.45) is 5.83. The Kier molecular flexibility index (Phi) is 3.10. The van der Waals surface area contributed by atoms with E-state index < -0.39 is 0 Å². The Bertz CT molecular complexity index is 476. The number of hydrogen-bond acceptors (Lipinski definition) is 3. The van der Waals surface area contributed by atoms with Gasteiger partial charge in [0, 0.05) is 30.7 Å². The molecule has 4 nitrogen and oxygen atoms in total. The Balaban J connectivity index is 2.31. The minimum Gasteiger partial charge on any atom is -0.287 e. The minimum absolute atomic E-state index is 0.0287. The predicted molar refractivity (Wildman–Crippen MR) is 60.2 cm³/mol. The van der Waals surface area contributed by atoms with Gasteiger partial charge in [-0.1, -0.05) is 6.92 Å². The smallest absolute Gasteiger partial charge is 0.212 e. The Morgan fingerprint density at radius 3 is 2.94 bits per heavy atom. The van der Waals surface area contributed by atoms with E-state index in [1.807, 2.05) is 0 Å². The highest BCUT2D eigenvalue weighted by Gasteiger charge is 2.13. The summed E-state index contributed by atoms with van der Waals surface area (Å²) in [7, 11) is 0. The van der Waals surface area contributed by atoms with Crippen LogP contribution < -0.4 is 0 Å². The zero-order valence-corrected chi connectivity index (χ0v) is 9.13. The van der Waals surface area contributed by atoms with Crippen LogP contribution in [0.25, 0.3) is 0 Å². The molecular weight excluding hydrogens is 202 g/mol. The Hall–Kier alpha value is -1.97. The number of aromatic nitrogens is 3. The number of hydrogen-bond donors (Lipinski definition) is 0. The fourth-order valence-corrected chi connectivity index (χ4v) is 1.56. The van der Waals surface area contributed by atoms with Crippen molar-refractivity contribution < 1.29 is 4.79 Å². The van der Waals surface area contributed by atoms with Crippen LogP contribution >= 0.6 is 0 Å². The summed E-state index contributed by atoms with van der Waals surface area (Å²) in [5, 5.41) is 4.13. The van der Waals surface area contributed by atoms with Gasteiger partial charge in [0.05, 0.1) is 0 Å². The maximum Gasteiger partial charge on any atom is 0.212 e. The van der Waals surface area contributed by atoms with E-state index in [0.29, 0.717) is 11.3 Å². The van der Waals surface area contributed by atoms with Crippen LogP contribution in [0.4, 0.5) is 0 Å². The van der Waals surface area contributed by atoms with Crippen molar-refractivity contribution in [3.05, 3.63) is 48.0 Å². The molecule has 0 aliphatic heterocycles. The summed E-state index contributed by atoms with van der Waals surface area (Å²) in [4.78, 5) is 16.0. The van der Waals surface area contributed by atoms with Crippen molar-refractivity contribution in [1.82, 2.24) is 14.8 Å². The third kappa shape index (κ3) is 2.00. The highest BCUT2D eigenvalue weighted by molar-refractivity contribution is 6.07. The summed E-state index contributed by atoms with van der Waals surface area (Å²) in [5.41, 5.74) is 1.22.